The first kappa shape index (κ1) is 16.3. The Morgan fingerprint density at radius 2 is 2.05 bits per heavy atom. The van der Waals surface area contributed by atoms with Crippen LogP contribution in [-0.2, 0) is 0 Å². The van der Waals surface area contributed by atoms with Gasteiger partial charge in [0.15, 0.2) is 6.17 Å². The Morgan fingerprint density at radius 1 is 1.26 bits per heavy atom. The Balaban J connectivity index is 2.21. The third-order valence-corrected chi connectivity index (χ3v) is 4.22. The molecule has 0 saturated heterocycles. The van der Waals surface area contributed by atoms with Crippen molar-refractivity contribution in [2.75, 3.05) is 19.7 Å². The van der Waals surface area contributed by atoms with E-state index in [1.807, 2.05) is 0 Å². The van der Waals surface area contributed by atoms with Gasteiger partial charge in [-0.15, -0.1) is 0 Å². The average molecular weight is 267 g/mol. The van der Waals surface area contributed by atoms with Crippen molar-refractivity contribution in [2.24, 2.45) is 0 Å². The van der Waals surface area contributed by atoms with Crippen LogP contribution in [-0.4, -0.2) is 35.5 Å². The maximum Gasteiger partial charge on any atom is 0.166 e. The number of aliphatic hydroxyl groups excluding tert-OH is 1. The molecule has 0 radical (unpaired) electrons. The number of unbranched alkanes of at least 4 members (excludes halogenated alkanes) is 4. The van der Waals surface area contributed by atoms with Crippen molar-refractivity contribution in [3.63, 3.8) is 0 Å². The highest BCUT2D eigenvalue weighted by atomic mass is 16.3. The van der Waals surface area contributed by atoms with Gasteiger partial charge in [0.05, 0.1) is 19.4 Å². The summed E-state index contributed by atoms with van der Waals surface area (Å²) < 4.78 is 0.898. The number of allylic oxidation sites excluding steroid dienone is 2. The lowest BCUT2D eigenvalue weighted by atomic mass is 10.1. The van der Waals surface area contributed by atoms with Crippen LogP contribution in [0.1, 0.15) is 52.4 Å². The van der Waals surface area contributed by atoms with Gasteiger partial charge in [0.2, 0.25) is 0 Å². The highest BCUT2D eigenvalue weighted by Crippen LogP contribution is 2.22. The molecule has 3 heteroatoms. The molecule has 1 rings (SSSR count). The van der Waals surface area contributed by atoms with E-state index >= 15 is 0 Å². The molecule has 0 aliphatic carbocycles. The highest BCUT2D eigenvalue weighted by molar-refractivity contribution is 4.84. The van der Waals surface area contributed by atoms with Crippen LogP contribution in [0.25, 0.3) is 0 Å². The fourth-order valence-electron chi connectivity index (χ4n) is 2.92. The molecule has 110 valence electrons. The normalized spacial score (nSPS) is 26.2. The Kier molecular flexibility index (Phi) is 7.84. The van der Waals surface area contributed by atoms with Crippen molar-refractivity contribution in [1.82, 2.24) is 5.32 Å². The van der Waals surface area contributed by atoms with Crippen LogP contribution >= 0.6 is 0 Å². The molecule has 0 aromatic rings. The van der Waals surface area contributed by atoms with E-state index in [0.717, 1.165) is 17.6 Å². The first-order chi connectivity index (χ1) is 9.29. The summed E-state index contributed by atoms with van der Waals surface area (Å²) in [7, 11) is 0. The summed E-state index contributed by atoms with van der Waals surface area (Å²) in [6.45, 7) is 6.43. The summed E-state index contributed by atoms with van der Waals surface area (Å²) in [5.74, 6) is 0. The van der Waals surface area contributed by atoms with Gasteiger partial charge in [-0.2, -0.15) is 0 Å². The molecule has 1 heterocycles. The minimum Gasteiger partial charge on any atom is -0.390 e. The van der Waals surface area contributed by atoms with Gasteiger partial charge in [-0.25, -0.2) is 0 Å². The summed E-state index contributed by atoms with van der Waals surface area (Å²) in [5, 5.41) is 12.7. The number of likely N-dealkylation sites (N-methyl/N-ethyl adjacent to an activating group) is 1. The maximum absolute atomic E-state index is 9.25. The minimum absolute atomic E-state index is 0.264. The molecule has 0 saturated carbocycles. The molecule has 0 aromatic carbocycles. The van der Waals surface area contributed by atoms with E-state index < -0.39 is 0 Å². The number of nitrogens with one attached hydrogen (secondary N) is 1. The maximum atomic E-state index is 9.25. The predicted octanol–water partition coefficient (Wildman–Crippen LogP) is 3.13. The van der Waals surface area contributed by atoms with Gasteiger partial charge in [0.25, 0.3) is 0 Å². The number of hydrogen-bond acceptors (Lipinski definition) is 2. The first-order valence-corrected chi connectivity index (χ1v) is 7.81. The number of quaternary nitrogens is 1. The molecule has 0 fully saturated rings. The van der Waals surface area contributed by atoms with Crippen LogP contribution in [0.3, 0.4) is 0 Å². The van der Waals surface area contributed by atoms with Crippen LogP contribution in [0.4, 0.5) is 0 Å². The smallest absolute Gasteiger partial charge is 0.166 e. The zero-order valence-electron chi connectivity index (χ0n) is 12.6. The van der Waals surface area contributed by atoms with Crippen molar-refractivity contribution in [3.05, 3.63) is 24.6 Å². The van der Waals surface area contributed by atoms with Gasteiger partial charge in [-0.3, -0.25) is 4.48 Å². The second-order valence-corrected chi connectivity index (χ2v) is 5.43. The fraction of sp³-hybridized carbons (Fsp3) is 0.750. The molecule has 2 atom stereocenters. The Hall–Kier alpha value is -0.800. The second-order valence-electron chi connectivity index (χ2n) is 5.43. The first-order valence-electron chi connectivity index (χ1n) is 7.81. The molecule has 0 spiro atoms. The van der Waals surface area contributed by atoms with Crippen LogP contribution in [0, 0.1) is 0 Å². The Bertz CT molecular complexity index is 288. The van der Waals surface area contributed by atoms with E-state index in [9.17, 15) is 5.11 Å². The van der Waals surface area contributed by atoms with Gasteiger partial charge in [0.1, 0.15) is 12.7 Å². The van der Waals surface area contributed by atoms with Crippen LogP contribution in [0.15, 0.2) is 24.6 Å². The van der Waals surface area contributed by atoms with Crippen LogP contribution in [0.2, 0.25) is 0 Å². The predicted molar refractivity (Wildman–Crippen MR) is 81.3 cm³/mol. The molecule has 2 N–H and O–H groups in total. The molecular weight excluding hydrogens is 236 g/mol. The summed E-state index contributed by atoms with van der Waals surface area (Å²) in [4.78, 5) is 0. The standard InChI is InChI=1S/C16H31N2O/c1-3-5-6-7-8-9-10-11-16-17-12-13-18(16,4-2)14-15-19/h3,5,12-13,16-17,19H,4,6-11,14-15H2,1-2H3/q+1/b5-3+. The topological polar surface area (TPSA) is 32.3 Å². The lowest BCUT2D eigenvalue weighted by Gasteiger charge is -2.36. The minimum atomic E-state index is 0.264. The third kappa shape index (κ3) is 5.00. The van der Waals surface area contributed by atoms with Crippen molar-refractivity contribution in [3.8, 4) is 0 Å². The van der Waals surface area contributed by atoms with Gasteiger partial charge in [-0.1, -0.05) is 25.0 Å². The van der Waals surface area contributed by atoms with Crippen molar-refractivity contribution in [2.45, 2.75) is 58.5 Å². The summed E-state index contributed by atoms with van der Waals surface area (Å²) in [6, 6.07) is 0. The quantitative estimate of drug-likeness (QED) is 0.362. The zero-order chi connectivity index (χ0) is 14.0. The lowest BCUT2D eigenvalue weighted by Crippen LogP contribution is -2.54. The van der Waals surface area contributed by atoms with E-state index in [4.69, 9.17) is 0 Å². The van der Waals surface area contributed by atoms with E-state index in [-0.39, 0.29) is 6.61 Å². The summed E-state index contributed by atoms with van der Waals surface area (Å²) >= 11 is 0. The Labute approximate surface area is 118 Å². The van der Waals surface area contributed by atoms with E-state index in [1.165, 1.54) is 38.5 Å². The number of aliphatic hydroxyl groups is 1. The molecule has 1 aliphatic rings. The van der Waals surface area contributed by atoms with Crippen molar-refractivity contribution >= 4 is 0 Å². The SMILES string of the molecule is C/C=C/CCCCCCC1NC=C[N+]1(CC)CCO. The Morgan fingerprint density at radius 3 is 2.74 bits per heavy atom. The molecule has 1 aliphatic heterocycles. The van der Waals surface area contributed by atoms with Gasteiger partial charge in [-0.05, 0) is 33.1 Å². The van der Waals surface area contributed by atoms with Crippen molar-refractivity contribution < 1.29 is 9.59 Å². The van der Waals surface area contributed by atoms with E-state index in [1.54, 1.807) is 0 Å². The molecule has 19 heavy (non-hydrogen) atoms. The summed E-state index contributed by atoms with van der Waals surface area (Å²) in [5.41, 5.74) is 0. The van der Waals surface area contributed by atoms with E-state index in [2.05, 4.69) is 43.7 Å². The van der Waals surface area contributed by atoms with Gasteiger partial charge < -0.3 is 10.4 Å². The van der Waals surface area contributed by atoms with Crippen LogP contribution < -0.4 is 5.32 Å². The van der Waals surface area contributed by atoms with Crippen LogP contribution in [0.5, 0.6) is 0 Å². The second kappa shape index (κ2) is 9.16. The highest BCUT2D eigenvalue weighted by Gasteiger charge is 2.35. The fourth-order valence-corrected chi connectivity index (χ4v) is 2.92. The molecule has 0 aromatic heterocycles. The van der Waals surface area contributed by atoms with Crippen molar-refractivity contribution in [1.29, 1.82) is 0 Å². The number of rotatable bonds is 10. The molecule has 0 bridgehead atoms. The van der Waals surface area contributed by atoms with E-state index in [0.29, 0.717) is 6.17 Å². The molecule has 3 nitrogen and oxygen atoms in total. The van der Waals surface area contributed by atoms with Gasteiger partial charge >= 0.3 is 0 Å². The molecule has 2 unspecified atom stereocenters. The summed E-state index contributed by atoms with van der Waals surface area (Å²) in [6.07, 6.45) is 16.8. The number of hydrogen-bond donors (Lipinski definition) is 2. The van der Waals surface area contributed by atoms with Gasteiger partial charge in [0, 0.05) is 6.42 Å². The number of nitrogens with zero attached hydrogens (tertiary/aromatic N) is 1. The monoisotopic (exact) mass is 267 g/mol. The lowest BCUT2D eigenvalue weighted by molar-refractivity contribution is -0.900. The molecule has 0 amide bonds. The molecular formula is C16H31N2O+. The largest absolute Gasteiger partial charge is 0.390 e. The average Bonchev–Trinajstić information content (AvgIpc) is 2.82. The third-order valence-electron chi connectivity index (χ3n) is 4.22. The zero-order valence-corrected chi connectivity index (χ0v) is 12.6.